The maximum atomic E-state index is 12.4. The molecular weight excluding hydrogens is 354 g/mol. The number of benzene rings is 1. The van der Waals surface area contributed by atoms with Crippen molar-refractivity contribution in [3.8, 4) is 0 Å². The summed E-state index contributed by atoms with van der Waals surface area (Å²) in [6.07, 6.45) is 5.42. The Bertz CT molecular complexity index is 960. The number of carbonyl (C=O) groups excluding carboxylic acids is 1. The number of nitrogens with one attached hydrogen (secondary N) is 1. The van der Waals surface area contributed by atoms with Crippen LogP contribution in [0.25, 0.3) is 4.96 Å². The molecule has 0 aliphatic carbocycles. The molecule has 4 rings (SSSR count). The summed E-state index contributed by atoms with van der Waals surface area (Å²) in [6, 6.07) is 11.9. The molecule has 0 saturated heterocycles. The Labute approximate surface area is 152 Å². The lowest BCUT2D eigenvalue weighted by Crippen LogP contribution is -2.23. The van der Waals surface area contributed by atoms with Crippen LogP contribution in [0.3, 0.4) is 0 Å². The van der Waals surface area contributed by atoms with Crippen LogP contribution in [-0.4, -0.2) is 15.3 Å². The Morgan fingerprint density at radius 1 is 1.28 bits per heavy atom. The van der Waals surface area contributed by atoms with E-state index in [1.165, 1.54) is 0 Å². The van der Waals surface area contributed by atoms with E-state index in [4.69, 9.17) is 4.42 Å². The first-order valence-electron chi connectivity index (χ1n) is 7.73. The van der Waals surface area contributed by atoms with Crippen molar-refractivity contribution in [2.75, 3.05) is 0 Å². The Balaban J connectivity index is 1.38. The van der Waals surface area contributed by atoms with Gasteiger partial charge in [0.15, 0.2) is 10.7 Å². The van der Waals surface area contributed by atoms with Gasteiger partial charge in [-0.3, -0.25) is 9.20 Å². The second kappa shape index (κ2) is 7.16. The first kappa shape index (κ1) is 16.0. The Morgan fingerprint density at radius 3 is 3.00 bits per heavy atom. The van der Waals surface area contributed by atoms with Gasteiger partial charge in [0, 0.05) is 34.0 Å². The minimum Gasteiger partial charge on any atom is -0.459 e. The van der Waals surface area contributed by atoms with Gasteiger partial charge in [-0.25, -0.2) is 4.98 Å². The minimum absolute atomic E-state index is 0.218. The van der Waals surface area contributed by atoms with Crippen LogP contribution in [0.15, 0.2) is 69.7 Å². The van der Waals surface area contributed by atoms with E-state index in [-0.39, 0.29) is 5.91 Å². The van der Waals surface area contributed by atoms with Gasteiger partial charge < -0.3 is 9.73 Å². The van der Waals surface area contributed by atoms with Crippen LogP contribution in [0.4, 0.5) is 0 Å². The zero-order chi connectivity index (χ0) is 17.1. The lowest BCUT2D eigenvalue weighted by molar-refractivity contribution is 0.0921. The maximum absolute atomic E-state index is 12.4. The fraction of sp³-hybridized carbons (Fsp3) is 0.111. The number of thioether (sulfide) groups is 1. The normalized spacial score (nSPS) is 11.0. The van der Waals surface area contributed by atoms with Crippen LogP contribution < -0.4 is 5.32 Å². The monoisotopic (exact) mass is 369 g/mol. The maximum Gasteiger partial charge on any atom is 0.287 e. The molecule has 0 aliphatic rings. The van der Waals surface area contributed by atoms with Crippen molar-refractivity contribution in [1.82, 2.24) is 14.7 Å². The Kier molecular flexibility index (Phi) is 4.58. The molecule has 0 saturated carbocycles. The molecule has 3 aromatic heterocycles. The summed E-state index contributed by atoms with van der Waals surface area (Å²) in [6.45, 7) is 0.374. The molecule has 0 radical (unpaired) electrons. The predicted molar refractivity (Wildman–Crippen MR) is 99.0 cm³/mol. The minimum atomic E-state index is -0.218. The van der Waals surface area contributed by atoms with Gasteiger partial charge in [0.2, 0.25) is 0 Å². The molecular formula is C18H15N3O2S2. The standard InChI is InChI=1S/C18H15N3O2S2/c22-17(19-10-14-11-21-7-9-24-18(21)20-14)16-13(6-8-23-16)12-25-15-4-2-1-3-5-15/h1-9,11H,10,12H2,(H,19,22). The third-order valence-electron chi connectivity index (χ3n) is 3.66. The van der Waals surface area contributed by atoms with Crippen LogP contribution in [0.2, 0.25) is 0 Å². The number of nitrogens with zero attached hydrogens (tertiary/aromatic N) is 2. The van der Waals surface area contributed by atoms with Gasteiger partial charge >= 0.3 is 0 Å². The van der Waals surface area contributed by atoms with E-state index in [0.29, 0.717) is 18.1 Å². The number of amides is 1. The van der Waals surface area contributed by atoms with E-state index in [2.05, 4.69) is 22.4 Å². The zero-order valence-corrected chi connectivity index (χ0v) is 14.8. The summed E-state index contributed by atoms with van der Waals surface area (Å²) in [4.78, 5) is 19.0. The highest BCUT2D eigenvalue weighted by Crippen LogP contribution is 2.24. The van der Waals surface area contributed by atoms with E-state index in [9.17, 15) is 4.79 Å². The quantitative estimate of drug-likeness (QED) is 0.517. The molecule has 0 atom stereocenters. The van der Waals surface area contributed by atoms with Crippen LogP contribution in [0.1, 0.15) is 21.8 Å². The van der Waals surface area contributed by atoms with Crippen molar-refractivity contribution in [2.24, 2.45) is 0 Å². The number of thiazole rings is 1. The number of aromatic nitrogens is 2. The molecule has 5 nitrogen and oxygen atoms in total. The number of rotatable bonds is 6. The molecule has 0 bridgehead atoms. The Hall–Kier alpha value is -2.51. The molecule has 25 heavy (non-hydrogen) atoms. The van der Waals surface area contributed by atoms with Crippen LogP contribution in [0.5, 0.6) is 0 Å². The summed E-state index contributed by atoms with van der Waals surface area (Å²) in [5.41, 5.74) is 1.71. The topological polar surface area (TPSA) is 59.5 Å². The highest BCUT2D eigenvalue weighted by atomic mass is 32.2. The second-order valence-electron chi connectivity index (χ2n) is 5.38. The molecule has 7 heteroatoms. The smallest absolute Gasteiger partial charge is 0.287 e. The average Bonchev–Trinajstić information content (AvgIpc) is 3.34. The van der Waals surface area contributed by atoms with Gasteiger partial charge in [-0.1, -0.05) is 18.2 Å². The molecule has 1 N–H and O–H groups in total. The van der Waals surface area contributed by atoms with E-state index in [0.717, 1.165) is 21.1 Å². The summed E-state index contributed by atoms with van der Waals surface area (Å²) in [5.74, 6) is 0.832. The third kappa shape index (κ3) is 3.62. The van der Waals surface area contributed by atoms with E-state index < -0.39 is 0 Å². The molecule has 0 spiro atoms. The SMILES string of the molecule is O=C(NCc1cn2ccsc2n1)c1occc1CSc1ccccc1. The number of carbonyl (C=O) groups is 1. The lowest BCUT2D eigenvalue weighted by atomic mass is 10.2. The van der Waals surface area contributed by atoms with Crippen LogP contribution >= 0.6 is 23.1 Å². The van der Waals surface area contributed by atoms with Gasteiger partial charge in [0.05, 0.1) is 18.5 Å². The van der Waals surface area contributed by atoms with Crippen molar-refractivity contribution in [3.63, 3.8) is 0 Å². The van der Waals surface area contributed by atoms with Gasteiger partial charge in [-0.15, -0.1) is 23.1 Å². The predicted octanol–water partition coefficient (Wildman–Crippen LogP) is 4.21. The molecule has 0 unspecified atom stereocenters. The largest absolute Gasteiger partial charge is 0.459 e. The molecule has 0 fully saturated rings. The number of hydrogen-bond donors (Lipinski definition) is 1. The molecule has 4 aromatic rings. The fourth-order valence-corrected chi connectivity index (χ4v) is 4.06. The summed E-state index contributed by atoms with van der Waals surface area (Å²) in [7, 11) is 0. The number of hydrogen-bond acceptors (Lipinski definition) is 5. The number of furan rings is 1. The third-order valence-corrected chi connectivity index (χ3v) is 5.50. The van der Waals surface area contributed by atoms with Crippen LogP contribution in [0, 0.1) is 0 Å². The lowest BCUT2D eigenvalue weighted by Gasteiger charge is -2.04. The molecule has 1 aromatic carbocycles. The van der Waals surface area contributed by atoms with Crippen molar-refractivity contribution >= 4 is 34.0 Å². The van der Waals surface area contributed by atoms with Crippen molar-refractivity contribution in [1.29, 1.82) is 0 Å². The first-order valence-corrected chi connectivity index (χ1v) is 9.59. The van der Waals surface area contributed by atoms with Crippen molar-refractivity contribution < 1.29 is 9.21 Å². The summed E-state index contributed by atoms with van der Waals surface area (Å²) in [5, 5.41) is 4.85. The highest BCUT2D eigenvalue weighted by Gasteiger charge is 2.16. The van der Waals surface area contributed by atoms with Gasteiger partial charge in [0.1, 0.15) is 0 Å². The van der Waals surface area contributed by atoms with Crippen molar-refractivity contribution in [2.45, 2.75) is 17.2 Å². The highest BCUT2D eigenvalue weighted by molar-refractivity contribution is 7.98. The number of fused-ring (bicyclic) bond motifs is 1. The summed E-state index contributed by atoms with van der Waals surface area (Å²) < 4.78 is 7.34. The zero-order valence-electron chi connectivity index (χ0n) is 13.2. The van der Waals surface area contributed by atoms with E-state index >= 15 is 0 Å². The van der Waals surface area contributed by atoms with Gasteiger partial charge in [-0.05, 0) is 18.2 Å². The fourth-order valence-electron chi connectivity index (χ4n) is 2.44. The van der Waals surface area contributed by atoms with Crippen LogP contribution in [-0.2, 0) is 12.3 Å². The first-order chi connectivity index (χ1) is 12.3. The molecule has 1 amide bonds. The summed E-state index contributed by atoms with van der Waals surface area (Å²) >= 11 is 3.24. The van der Waals surface area contributed by atoms with Gasteiger partial charge in [-0.2, -0.15) is 0 Å². The molecule has 126 valence electrons. The average molecular weight is 369 g/mol. The Morgan fingerprint density at radius 2 is 2.16 bits per heavy atom. The van der Waals surface area contributed by atoms with Crippen molar-refractivity contribution in [3.05, 3.63) is 77.5 Å². The van der Waals surface area contributed by atoms with E-state index in [1.54, 1.807) is 29.4 Å². The second-order valence-corrected chi connectivity index (χ2v) is 7.31. The van der Waals surface area contributed by atoms with Gasteiger partial charge in [0.25, 0.3) is 5.91 Å². The number of imidazole rings is 1. The molecule has 3 heterocycles. The van der Waals surface area contributed by atoms with E-state index in [1.807, 2.05) is 46.4 Å². The molecule has 0 aliphatic heterocycles.